The molecule has 198 valence electrons. The highest BCUT2D eigenvalue weighted by Crippen LogP contribution is 2.38. The summed E-state index contributed by atoms with van der Waals surface area (Å²) < 4.78 is 17.9. The van der Waals surface area contributed by atoms with Gasteiger partial charge in [-0.15, -0.1) is 0 Å². The van der Waals surface area contributed by atoms with Crippen LogP contribution in [0, 0.1) is 11.8 Å². The second kappa shape index (κ2) is 11.3. The minimum atomic E-state index is -0.779. The predicted octanol–water partition coefficient (Wildman–Crippen LogP) is 4.09. The fourth-order valence-electron chi connectivity index (χ4n) is 4.53. The number of amides is 2. The minimum absolute atomic E-state index is 0.264. The van der Waals surface area contributed by atoms with E-state index in [0.717, 1.165) is 29.7 Å². The van der Waals surface area contributed by atoms with Crippen LogP contribution in [-0.4, -0.2) is 43.2 Å². The molecule has 2 aliphatic rings. The van der Waals surface area contributed by atoms with Crippen molar-refractivity contribution in [2.24, 2.45) is 11.8 Å². The molecule has 1 unspecified atom stereocenters. The van der Waals surface area contributed by atoms with Crippen LogP contribution in [0.25, 0.3) is 0 Å². The van der Waals surface area contributed by atoms with Crippen LogP contribution >= 0.6 is 0 Å². The molecule has 1 saturated carbocycles. The molecule has 2 atom stereocenters. The van der Waals surface area contributed by atoms with Crippen molar-refractivity contribution in [2.75, 3.05) is 7.11 Å². The highest BCUT2D eigenvalue weighted by Gasteiger charge is 2.54. The molecule has 1 aliphatic carbocycles. The van der Waals surface area contributed by atoms with E-state index in [1.807, 2.05) is 82.3 Å². The Morgan fingerprint density at radius 1 is 0.973 bits per heavy atom. The fourth-order valence-corrected chi connectivity index (χ4v) is 4.53. The number of rotatable bonds is 11. The van der Waals surface area contributed by atoms with Crippen molar-refractivity contribution in [2.45, 2.75) is 77.1 Å². The van der Waals surface area contributed by atoms with Gasteiger partial charge in [0.15, 0.2) is 0 Å². The second-order valence-corrected chi connectivity index (χ2v) is 11.2. The molecule has 4 rings (SSSR count). The van der Waals surface area contributed by atoms with Gasteiger partial charge in [-0.1, -0.05) is 55.3 Å². The summed E-state index contributed by atoms with van der Waals surface area (Å²) in [7, 11) is 0.982. The maximum atomic E-state index is 13.6. The SMILES string of the molecule is COc1cccc(CNC(=O)C(CC2CC2)C(=O)N[C@@H](Cc2ccccc2)B2OC(C)(C)C(C)(C)O2)c1. The van der Waals surface area contributed by atoms with Gasteiger partial charge in [-0.05, 0) is 69.7 Å². The van der Waals surface area contributed by atoms with Crippen LogP contribution in [0.2, 0.25) is 0 Å². The lowest BCUT2D eigenvalue weighted by Crippen LogP contribution is -2.53. The Kier molecular flexibility index (Phi) is 8.29. The molecule has 1 heterocycles. The van der Waals surface area contributed by atoms with Crippen molar-refractivity contribution in [1.29, 1.82) is 0 Å². The van der Waals surface area contributed by atoms with Crippen LogP contribution < -0.4 is 15.4 Å². The first-order chi connectivity index (χ1) is 17.6. The van der Waals surface area contributed by atoms with Gasteiger partial charge in [0.25, 0.3) is 0 Å². The van der Waals surface area contributed by atoms with E-state index in [-0.39, 0.29) is 11.8 Å². The van der Waals surface area contributed by atoms with Gasteiger partial charge in [0.2, 0.25) is 11.8 Å². The predicted molar refractivity (Wildman–Crippen MR) is 144 cm³/mol. The van der Waals surface area contributed by atoms with Crippen molar-refractivity contribution >= 4 is 18.9 Å². The quantitative estimate of drug-likeness (QED) is 0.354. The van der Waals surface area contributed by atoms with Crippen molar-refractivity contribution in [1.82, 2.24) is 10.6 Å². The molecule has 0 radical (unpaired) electrons. The standard InChI is InChI=1S/C29H39BN2O5/c1-28(2)29(3,4)37-30(36-28)25(18-20-10-7-6-8-11-20)32-27(34)24(17-21-14-15-21)26(33)31-19-22-12-9-13-23(16-22)35-5/h6-13,16,21,24-25H,14-15,17-19H2,1-5H3,(H,31,33)(H,32,34)/t24?,25-/m0/s1. The summed E-state index contributed by atoms with van der Waals surface area (Å²) in [5, 5.41) is 6.11. The molecule has 1 saturated heterocycles. The molecule has 2 N–H and O–H groups in total. The largest absolute Gasteiger partial charge is 0.497 e. The van der Waals surface area contributed by atoms with Gasteiger partial charge in [-0.2, -0.15) is 0 Å². The lowest BCUT2D eigenvalue weighted by Gasteiger charge is -2.32. The zero-order valence-corrected chi connectivity index (χ0v) is 22.6. The normalized spacial score (nSPS) is 19.6. The summed E-state index contributed by atoms with van der Waals surface area (Å²) in [5.74, 6) is -0.638. The molecular weight excluding hydrogens is 467 g/mol. The summed E-state index contributed by atoms with van der Waals surface area (Å²) in [6.07, 6.45) is 3.18. The van der Waals surface area contributed by atoms with Crippen molar-refractivity contribution in [3.63, 3.8) is 0 Å². The Balaban J connectivity index is 1.48. The number of methoxy groups -OCH3 is 1. The van der Waals surface area contributed by atoms with E-state index in [9.17, 15) is 9.59 Å². The first-order valence-electron chi connectivity index (χ1n) is 13.2. The van der Waals surface area contributed by atoms with Gasteiger partial charge in [0.05, 0.1) is 24.3 Å². The third kappa shape index (κ3) is 6.93. The first kappa shape index (κ1) is 27.2. The molecular formula is C29H39BN2O5. The van der Waals surface area contributed by atoms with Crippen LogP contribution in [0.4, 0.5) is 0 Å². The van der Waals surface area contributed by atoms with E-state index in [1.165, 1.54) is 0 Å². The zero-order chi connectivity index (χ0) is 26.6. The van der Waals surface area contributed by atoms with Crippen LogP contribution in [0.15, 0.2) is 54.6 Å². The highest BCUT2D eigenvalue weighted by molar-refractivity contribution is 6.48. The Bertz CT molecular complexity index is 1070. The smallest absolute Gasteiger partial charge is 0.482 e. The monoisotopic (exact) mass is 506 g/mol. The molecule has 2 fully saturated rings. The van der Waals surface area contributed by atoms with E-state index in [0.29, 0.717) is 25.3 Å². The van der Waals surface area contributed by atoms with E-state index < -0.39 is 30.2 Å². The summed E-state index contributed by atoms with van der Waals surface area (Å²) in [6.45, 7) is 8.31. The molecule has 8 heteroatoms. The number of benzene rings is 2. The summed E-state index contributed by atoms with van der Waals surface area (Å²) in [4.78, 5) is 26.9. The summed E-state index contributed by atoms with van der Waals surface area (Å²) in [6, 6.07) is 17.5. The molecule has 37 heavy (non-hydrogen) atoms. The van der Waals surface area contributed by atoms with Crippen LogP contribution in [0.1, 0.15) is 58.1 Å². The molecule has 0 aromatic heterocycles. The van der Waals surface area contributed by atoms with E-state index >= 15 is 0 Å². The van der Waals surface area contributed by atoms with Crippen LogP contribution in [0.3, 0.4) is 0 Å². The number of hydrogen-bond donors (Lipinski definition) is 2. The van der Waals surface area contributed by atoms with Gasteiger partial charge < -0.3 is 24.7 Å². The Labute approximate surface area is 220 Å². The lowest BCUT2D eigenvalue weighted by atomic mass is 9.74. The maximum Gasteiger partial charge on any atom is 0.482 e. The van der Waals surface area contributed by atoms with Crippen molar-refractivity contribution < 1.29 is 23.6 Å². The topological polar surface area (TPSA) is 85.9 Å². The Morgan fingerprint density at radius 3 is 2.24 bits per heavy atom. The van der Waals surface area contributed by atoms with Crippen LogP contribution in [-0.2, 0) is 31.9 Å². The Morgan fingerprint density at radius 2 is 1.62 bits per heavy atom. The van der Waals surface area contributed by atoms with Crippen LogP contribution in [0.5, 0.6) is 5.75 Å². The third-order valence-corrected chi connectivity index (χ3v) is 7.73. The molecule has 0 bridgehead atoms. The lowest BCUT2D eigenvalue weighted by molar-refractivity contribution is -0.136. The molecule has 2 aromatic rings. The van der Waals surface area contributed by atoms with E-state index in [1.54, 1.807) is 7.11 Å². The van der Waals surface area contributed by atoms with Crippen molar-refractivity contribution in [3.05, 3.63) is 65.7 Å². The first-order valence-corrected chi connectivity index (χ1v) is 13.2. The molecule has 2 aromatic carbocycles. The zero-order valence-electron chi connectivity index (χ0n) is 22.6. The maximum absolute atomic E-state index is 13.6. The molecule has 0 spiro atoms. The number of carbonyl (C=O) groups is 2. The molecule has 2 amide bonds. The van der Waals surface area contributed by atoms with Gasteiger partial charge in [-0.25, -0.2) is 0 Å². The molecule has 1 aliphatic heterocycles. The Hall–Kier alpha value is -2.84. The van der Waals surface area contributed by atoms with E-state index in [2.05, 4.69) is 10.6 Å². The molecule has 7 nitrogen and oxygen atoms in total. The minimum Gasteiger partial charge on any atom is -0.497 e. The van der Waals surface area contributed by atoms with Gasteiger partial charge in [-0.3, -0.25) is 9.59 Å². The average Bonchev–Trinajstić information content (AvgIpc) is 3.66. The van der Waals surface area contributed by atoms with E-state index in [4.69, 9.17) is 14.0 Å². The van der Waals surface area contributed by atoms with Crippen molar-refractivity contribution in [3.8, 4) is 5.75 Å². The second-order valence-electron chi connectivity index (χ2n) is 11.2. The van der Waals surface area contributed by atoms with Gasteiger partial charge >= 0.3 is 7.12 Å². The average molecular weight is 506 g/mol. The highest BCUT2D eigenvalue weighted by atomic mass is 16.7. The van der Waals surface area contributed by atoms with Gasteiger partial charge in [0, 0.05) is 6.54 Å². The fraction of sp³-hybridized carbons (Fsp3) is 0.517. The number of carbonyl (C=O) groups excluding carboxylic acids is 2. The summed E-state index contributed by atoms with van der Waals surface area (Å²) in [5.41, 5.74) is 0.916. The third-order valence-electron chi connectivity index (χ3n) is 7.73. The summed E-state index contributed by atoms with van der Waals surface area (Å²) >= 11 is 0. The number of hydrogen-bond acceptors (Lipinski definition) is 5. The van der Waals surface area contributed by atoms with Gasteiger partial charge in [0.1, 0.15) is 11.7 Å². The number of ether oxygens (including phenoxy) is 1. The number of nitrogens with one attached hydrogen (secondary N) is 2.